The summed E-state index contributed by atoms with van der Waals surface area (Å²) in [5.41, 5.74) is 1.60. The van der Waals surface area contributed by atoms with Crippen molar-refractivity contribution in [2.75, 3.05) is 5.75 Å². The number of fused-ring (bicyclic) bond motifs is 1. The fourth-order valence-corrected chi connectivity index (χ4v) is 2.84. The maximum absolute atomic E-state index is 11.9. The van der Waals surface area contributed by atoms with Gasteiger partial charge >= 0.3 is 0 Å². The molecule has 6 nitrogen and oxygen atoms in total. The quantitative estimate of drug-likeness (QED) is 0.747. The molecule has 0 fully saturated rings. The third kappa shape index (κ3) is 5.56. The lowest BCUT2D eigenvalue weighted by atomic mass is 10.1. The zero-order valence-electron chi connectivity index (χ0n) is 14.5. The number of amides is 2. The van der Waals surface area contributed by atoms with Gasteiger partial charge in [0.2, 0.25) is 11.8 Å². The number of carbonyl (C=O) groups is 2. The standard InChI is InChI=1S/C17H24N4O2S/c1-11(16(23)21-17(2,3)4)18-15(22)10-24-9-14-19-12-7-5-6-8-13(12)20-14/h5-8,11H,9-10H2,1-4H3,(H,18,22)(H,19,20)(H,21,23). The summed E-state index contributed by atoms with van der Waals surface area (Å²) in [6.07, 6.45) is 0. The SMILES string of the molecule is CC(NC(=O)CSCc1nc2ccccc2[nH]1)C(=O)NC(C)(C)C. The monoisotopic (exact) mass is 348 g/mol. The van der Waals surface area contributed by atoms with Crippen molar-refractivity contribution in [3.63, 3.8) is 0 Å². The fourth-order valence-electron chi connectivity index (χ4n) is 2.14. The number of rotatable bonds is 6. The van der Waals surface area contributed by atoms with E-state index in [2.05, 4.69) is 20.6 Å². The zero-order chi connectivity index (χ0) is 17.7. The summed E-state index contributed by atoms with van der Waals surface area (Å²) >= 11 is 1.46. The molecule has 1 heterocycles. The molecular formula is C17H24N4O2S. The number of aromatic amines is 1. The van der Waals surface area contributed by atoms with E-state index in [0.717, 1.165) is 16.9 Å². The molecule has 2 rings (SSSR count). The van der Waals surface area contributed by atoms with Gasteiger partial charge in [0.1, 0.15) is 11.9 Å². The van der Waals surface area contributed by atoms with Crippen LogP contribution in [0, 0.1) is 0 Å². The van der Waals surface area contributed by atoms with Gasteiger partial charge in [-0.2, -0.15) is 0 Å². The number of imidazole rings is 1. The summed E-state index contributed by atoms with van der Waals surface area (Å²) in [6, 6.07) is 7.26. The third-order valence-corrected chi connectivity index (χ3v) is 4.12. The Morgan fingerprint density at radius 1 is 1.29 bits per heavy atom. The lowest BCUT2D eigenvalue weighted by molar-refractivity contribution is -0.128. The Bertz CT molecular complexity index is 688. The van der Waals surface area contributed by atoms with Gasteiger partial charge in [0.05, 0.1) is 22.5 Å². The largest absolute Gasteiger partial charge is 0.350 e. The highest BCUT2D eigenvalue weighted by Gasteiger charge is 2.20. The van der Waals surface area contributed by atoms with Crippen molar-refractivity contribution in [2.24, 2.45) is 0 Å². The third-order valence-electron chi connectivity index (χ3n) is 3.18. The number of nitrogens with zero attached hydrogens (tertiary/aromatic N) is 1. The number of H-pyrrole nitrogens is 1. The van der Waals surface area contributed by atoms with Crippen molar-refractivity contribution >= 4 is 34.6 Å². The molecule has 1 atom stereocenters. The number of para-hydroxylation sites is 2. The highest BCUT2D eigenvalue weighted by molar-refractivity contribution is 7.99. The van der Waals surface area contributed by atoms with Crippen LogP contribution in [0.4, 0.5) is 0 Å². The van der Waals surface area contributed by atoms with Gasteiger partial charge in [0, 0.05) is 5.54 Å². The van der Waals surface area contributed by atoms with E-state index in [1.54, 1.807) is 6.92 Å². The van der Waals surface area contributed by atoms with Gasteiger partial charge in [0.15, 0.2) is 0 Å². The van der Waals surface area contributed by atoms with Crippen LogP contribution >= 0.6 is 11.8 Å². The summed E-state index contributed by atoms with van der Waals surface area (Å²) < 4.78 is 0. The number of hydrogen-bond acceptors (Lipinski definition) is 4. The van der Waals surface area contributed by atoms with Crippen LogP contribution in [-0.4, -0.2) is 39.1 Å². The van der Waals surface area contributed by atoms with Crippen LogP contribution in [0.2, 0.25) is 0 Å². The Kier molecular flexibility index (Phi) is 5.88. The second kappa shape index (κ2) is 7.70. The first kappa shape index (κ1) is 18.3. The van der Waals surface area contributed by atoms with Crippen molar-refractivity contribution in [1.29, 1.82) is 0 Å². The Labute approximate surface area is 146 Å². The van der Waals surface area contributed by atoms with E-state index in [1.165, 1.54) is 11.8 Å². The molecular weight excluding hydrogens is 324 g/mol. The van der Waals surface area contributed by atoms with Crippen molar-refractivity contribution < 1.29 is 9.59 Å². The minimum atomic E-state index is -0.552. The normalized spacial score (nSPS) is 12.8. The Morgan fingerprint density at radius 2 is 2.00 bits per heavy atom. The smallest absolute Gasteiger partial charge is 0.242 e. The molecule has 2 aromatic rings. The predicted octanol–water partition coefficient (Wildman–Crippen LogP) is 2.22. The topological polar surface area (TPSA) is 86.9 Å². The molecule has 0 aliphatic rings. The Balaban J connectivity index is 1.75. The molecule has 130 valence electrons. The maximum atomic E-state index is 11.9. The van der Waals surface area contributed by atoms with Gasteiger partial charge < -0.3 is 15.6 Å². The number of nitrogens with one attached hydrogen (secondary N) is 3. The average Bonchev–Trinajstić information content (AvgIpc) is 2.87. The number of benzene rings is 1. The van der Waals surface area contributed by atoms with Crippen LogP contribution in [0.1, 0.15) is 33.5 Å². The zero-order valence-corrected chi connectivity index (χ0v) is 15.3. The molecule has 24 heavy (non-hydrogen) atoms. The minimum Gasteiger partial charge on any atom is -0.350 e. The lowest BCUT2D eigenvalue weighted by Crippen LogP contribution is -2.51. The van der Waals surface area contributed by atoms with Crippen molar-refractivity contribution in [3.05, 3.63) is 30.1 Å². The van der Waals surface area contributed by atoms with Crippen LogP contribution in [0.25, 0.3) is 11.0 Å². The highest BCUT2D eigenvalue weighted by atomic mass is 32.2. The Morgan fingerprint density at radius 3 is 2.67 bits per heavy atom. The number of aromatic nitrogens is 2. The van der Waals surface area contributed by atoms with E-state index in [0.29, 0.717) is 5.75 Å². The first-order valence-corrected chi connectivity index (χ1v) is 9.03. The van der Waals surface area contributed by atoms with Crippen molar-refractivity contribution in [1.82, 2.24) is 20.6 Å². The van der Waals surface area contributed by atoms with Crippen molar-refractivity contribution in [3.8, 4) is 0 Å². The van der Waals surface area contributed by atoms with E-state index in [-0.39, 0.29) is 23.1 Å². The van der Waals surface area contributed by atoms with Gasteiger partial charge in [-0.05, 0) is 39.8 Å². The van der Waals surface area contributed by atoms with Gasteiger partial charge in [0.25, 0.3) is 0 Å². The van der Waals surface area contributed by atoms with Crippen molar-refractivity contribution in [2.45, 2.75) is 45.0 Å². The molecule has 0 spiro atoms. The van der Waals surface area contributed by atoms with Gasteiger partial charge in [-0.1, -0.05) is 12.1 Å². The van der Waals surface area contributed by atoms with E-state index in [9.17, 15) is 9.59 Å². The molecule has 1 aromatic heterocycles. The molecule has 0 saturated carbocycles. The number of hydrogen-bond donors (Lipinski definition) is 3. The number of thioether (sulfide) groups is 1. The lowest BCUT2D eigenvalue weighted by Gasteiger charge is -2.23. The first-order chi connectivity index (χ1) is 11.2. The maximum Gasteiger partial charge on any atom is 0.242 e. The van der Waals surface area contributed by atoms with E-state index >= 15 is 0 Å². The minimum absolute atomic E-state index is 0.160. The predicted molar refractivity (Wildman–Crippen MR) is 97.8 cm³/mol. The molecule has 0 bridgehead atoms. The van der Waals surface area contributed by atoms with Crippen LogP contribution < -0.4 is 10.6 Å². The Hall–Kier alpha value is -2.02. The van der Waals surface area contributed by atoms with Gasteiger partial charge in [-0.25, -0.2) is 4.98 Å². The van der Waals surface area contributed by atoms with Crippen LogP contribution in [0.3, 0.4) is 0 Å². The van der Waals surface area contributed by atoms with Crippen LogP contribution in [-0.2, 0) is 15.3 Å². The van der Waals surface area contributed by atoms with Crippen LogP contribution in [0.15, 0.2) is 24.3 Å². The first-order valence-electron chi connectivity index (χ1n) is 7.87. The number of carbonyl (C=O) groups excluding carboxylic acids is 2. The summed E-state index contributed by atoms with van der Waals surface area (Å²) in [5.74, 6) is 1.40. The molecule has 0 aliphatic heterocycles. The molecule has 2 amide bonds. The highest BCUT2D eigenvalue weighted by Crippen LogP contribution is 2.14. The summed E-state index contributed by atoms with van der Waals surface area (Å²) in [6.45, 7) is 7.40. The molecule has 1 aromatic carbocycles. The second-order valence-corrected chi connectivity index (χ2v) is 7.71. The molecule has 0 aliphatic carbocycles. The van der Waals surface area contributed by atoms with E-state index in [1.807, 2.05) is 45.0 Å². The molecule has 3 N–H and O–H groups in total. The second-order valence-electron chi connectivity index (χ2n) is 6.72. The summed E-state index contributed by atoms with van der Waals surface area (Å²) in [5, 5.41) is 5.56. The molecule has 7 heteroatoms. The van der Waals surface area contributed by atoms with Gasteiger partial charge in [-0.15, -0.1) is 11.8 Å². The molecule has 0 radical (unpaired) electrons. The van der Waals surface area contributed by atoms with Crippen LogP contribution in [0.5, 0.6) is 0 Å². The molecule has 1 unspecified atom stereocenters. The summed E-state index contributed by atoms with van der Waals surface area (Å²) in [4.78, 5) is 31.6. The van der Waals surface area contributed by atoms with E-state index in [4.69, 9.17) is 0 Å². The molecule has 0 saturated heterocycles. The average molecular weight is 348 g/mol. The summed E-state index contributed by atoms with van der Waals surface area (Å²) in [7, 11) is 0. The van der Waals surface area contributed by atoms with Gasteiger partial charge in [-0.3, -0.25) is 9.59 Å². The van der Waals surface area contributed by atoms with E-state index < -0.39 is 6.04 Å². The fraction of sp³-hybridized carbons (Fsp3) is 0.471.